The quantitative estimate of drug-likeness (QED) is 0.685. The first-order valence-electron chi connectivity index (χ1n) is 3.61. The van der Waals surface area contributed by atoms with Crippen molar-refractivity contribution in [1.29, 1.82) is 0 Å². The molecule has 0 aliphatic carbocycles. The Morgan fingerprint density at radius 3 is 2.18 bits per heavy atom. The minimum absolute atomic E-state index is 0. The molecule has 0 radical (unpaired) electrons. The molecule has 2 nitrogen and oxygen atoms in total. The van der Waals surface area contributed by atoms with E-state index < -0.39 is 0 Å². The molecule has 0 spiro atoms. The van der Waals surface area contributed by atoms with Crippen LogP contribution >= 0.6 is 0 Å². The highest BCUT2D eigenvalue weighted by atomic mass is 16.3. The molecular weight excluding hydrogens is 138 g/mol. The Kier molecular flexibility index (Phi) is 4.30. The highest BCUT2D eigenvalue weighted by molar-refractivity contribution is 5.25. The predicted molar refractivity (Wildman–Crippen MR) is 47.1 cm³/mol. The maximum atomic E-state index is 8.92. The fraction of sp³-hybridized carbons (Fsp3) is 0.333. The molecule has 1 aromatic carbocycles. The summed E-state index contributed by atoms with van der Waals surface area (Å²) < 4.78 is 0. The van der Waals surface area contributed by atoms with Crippen molar-refractivity contribution in [2.45, 2.75) is 19.8 Å². The van der Waals surface area contributed by atoms with Crippen LogP contribution in [0.5, 0.6) is 5.75 Å². The van der Waals surface area contributed by atoms with Crippen molar-refractivity contribution in [3.8, 4) is 5.75 Å². The zero-order valence-corrected chi connectivity index (χ0v) is 6.88. The van der Waals surface area contributed by atoms with Crippen LogP contribution in [0.2, 0.25) is 0 Å². The Labute approximate surface area is 67.5 Å². The van der Waals surface area contributed by atoms with Gasteiger partial charge in [0.2, 0.25) is 0 Å². The minimum Gasteiger partial charge on any atom is -0.508 e. The van der Waals surface area contributed by atoms with E-state index in [1.54, 1.807) is 12.1 Å². The average molecular weight is 153 g/mol. The largest absolute Gasteiger partial charge is 0.508 e. The Morgan fingerprint density at radius 2 is 1.73 bits per heavy atom. The van der Waals surface area contributed by atoms with Crippen molar-refractivity contribution in [3.63, 3.8) is 0 Å². The average Bonchev–Trinajstić information content (AvgIpc) is 1.95. The number of phenolic OH excluding ortho intramolecular Hbond substituents is 1. The first-order chi connectivity index (χ1) is 4.83. The lowest BCUT2D eigenvalue weighted by molar-refractivity contribution is 0.475. The Morgan fingerprint density at radius 1 is 1.18 bits per heavy atom. The van der Waals surface area contributed by atoms with Crippen LogP contribution in [-0.4, -0.2) is 5.11 Å². The second-order valence-electron chi connectivity index (χ2n) is 2.42. The molecule has 1 rings (SSSR count). The van der Waals surface area contributed by atoms with E-state index in [0.717, 1.165) is 12.8 Å². The second-order valence-corrected chi connectivity index (χ2v) is 2.42. The predicted octanol–water partition coefficient (Wildman–Crippen LogP) is 2.51. The fourth-order valence-electron chi connectivity index (χ4n) is 0.951. The molecule has 0 saturated carbocycles. The summed E-state index contributed by atoms with van der Waals surface area (Å²) in [6.07, 6.45) is 2.26. The van der Waals surface area contributed by atoms with E-state index in [4.69, 9.17) is 5.11 Å². The number of phenols is 1. The number of rotatable bonds is 2. The highest BCUT2D eigenvalue weighted by Crippen LogP contribution is 2.10. The standard InChI is InChI=1S/C9H12O.H3N/c1-2-3-8-4-6-9(10)7-5-8;/h4-7,10H,2-3H2,1H3;1H3. The van der Waals surface area contributed by atoms with Gasteiger partial charge in [-0.15, -0.1) is 0 Å². The maximum Gasteiger partial charge on any atom is 0.115 e. The van der Waals surface area contributed by atoms with Gasteiger partial charge >= 0.3 is 0 Å². The van der Waals surface area contributed by atoms with Gasteiger partial charge in [0.1, 0.15) is 5.75 Å². The molecule has 0 aliphatic rings. The summed E-state index contributed by atoms with van der Waals surface area (Å²) in [4.78, 5) is 0. The molecule has 1 aromatic rings. The summed E-state index contributed by atoms with van der Waals surface area (Å²) in [6, 6.07) is 7.37. The normalized spacial score (nSPS) is 8.82. The number of hydrogen-bond donors (Lipinski definition) is 2. The van der Waals surface area contributed by atoms with E-state index in [1.165, 1.54) is 5.56 Å². The highest BCUT2D eigenvalue weighted by Gasteiger charge is 1.89. The number of aryl methyl sites for hydroxylation is 1. The van der Waals surface area contributed by atoms with Gasteiger partial charge in [-0.1, -0.05) is 25.5 Å². The van der Waals surface area contributed by atoms with Crippen LogP contribution in [0.4, 0.5) is 0 Å². The first kappa shape index (κ1) is 9.98. The van der Waals surface area contributed by atoms with Gasteiger partial charge in [0.25, 0.3) is 0 Å². The lowest BCUT2D eigenvalue weighted by atomic mass is 10.1. The molecule has 0 aliphatic heterocycles. The molecule has 11 heavy (non-hydrogen) atoms. The molecule has 62 valence electrons. The summed E-state index contributed by atoms with van der Waals surface area (Å²) in [5.74, 6) is 0.347. The van der Waals surface area contributed by atoms with Crippen LogP contribution in [0.1, 0.15) is 18.9 Å². The van der Waals surface area contributed by atoms with Crippen molar-refractivity contribution in [2.24, 2.45) is 0 Å². The molecule has 0 atom stereocenters. The van der Waals surface area contributed by atoms with Crippen LogP contribution < -0.4 is 6.15 Å². The lowest BCUT2D eigenvalue weighted by Gasteiger charge is -1.96. The van der Waals surface area contributed by atoms with Crippen LogP contribution in [0.25, 0.3) is 0 Å². The number of hydrogen-bond acceptors (Lipinski definition) is 2. The van der Waals surface area contributed by atoms with Crippen LogP contribution in [0.3, 0.4) is 0 Å². The minimum atomic E-state index is 0. The third-order valence-corrected chi connectivity index (χ3v) is 1.48. The summed E-state index contributed by atoms with van der Waals surface area (Å²) in [7, 11) is 0. The van der Waals surface area contributed by atoms with Crippen molar-refractivity contribution in [2.75, 3.05) is 0 Å². The van der Waals surface area contributed by atoms with Gasteiger partial charge in [-0.2, -0.15) is 0 Å². The van der Waals surface area contributed by atoms with E-state index in [2.05, 4.69) is 6.92 Å². The van der Waals surface area contributed by atoms with Gasteiger partial charge in [0.05, 0.1) is 0 Å². The maximum absolute atomic E-state index is 8.92. The molecule has 0 fully saturated rings. The fourth-order valence-corrected chi connectivity index (χ4v) is 0.951. The lowest BCUT2D eigenvalue weighted by Crippen LogP contribution is -1.79. The van der Waals surface area contributed by atoms with Gasteiger partial charge < -0.3 is 11.3 Å². The van der Waals surface area contributed by atoms with Gasteiger partial charge in [-0.05, 0) is 24.1 Å². The van der Waals surface area contributed by atoms with Crippen LogP contribution in [0.15, 0.2) is 24.3 Å². The van der Waals surface area contributed by atoms with Crippen molar-refractivity contribution in [1.82, 2.24) is 6.15 Å². The van der Waals surface area contributed by atoms with Gasteiger partial charge in [-0.25, -0.2) is 0 Å². The van der Waals surface area contributed by atoms with Gasteiger partial charge in [0, 0.05) is 0 Å². The second kappa shape index (κ2) is 4.74. The zero-order valence-electron chi connectivity index (χ0n) is 6.88. The Balaban J connectivity index is 0.000001000. The topological polar surface area (TPSA) is 55.2 Å². The molecule has 0 heterocycles. The number of benzene rings is 1. The van der Waals surface area contributed by atoms with E-state index in [-0.39, 0.29) is 6.15 Å². The summed E-state index contributed by atoms with van der Waals surface area (Å²) in [6.45, 7) is 2.15. The molecule has 0 aromatic heterocycles. The zero-order chi connectivity index (χ0) is 7.40. The Bertz CT molecular complexity index is 193. The Hall–Kier alpha value is -1.02. The molecule has 4 N–H and O–H groups in total. The van der Waals surface area contributed by atoms with E-state index in [1.807, 2.05) is 12.1 Å². The third kappa shape index (κ3) is 3.05. The molecule has 0 bridgehead atoms. The molecular formula is C9H15NO. The van der Waals surface area contributed by atoms with E-state index >= 15 is 0 Å². The smallest absolute Gasteiger partial charge is 0.115 e. The third-order valence-electron chi connectivity index (χ3n) is 1.48. The molecule has 2 heteroatoms. The summed E-state index contributed by atoms with van der Waals surface area (Å²) in [5, 5.41) is 8.92. The molecule has 0 unspecified atom stereocenters. The summed E-state index contributed by atoms with van der Waals surface area (Å²) in [5.41, 5.74) is 1.29. The van der Waals surface area contributed by atoms with Crippen molar-refractivity contribution >= 4 is 0 Å². The SMILES string of the molecule is CCCc1ccc(O)cc1.N. The van der Waals surface area contributed by atoms with Crippen LogP contribution in [-0.2, 0) is 6.42 Å². The van der Waals surface area contributed by atoms with Crippen molar-refractivity contribution < 1.29 is 5.11 Å². The van der Waals surface area contributed by atoms with Crippen molar-refractivity contribution in [3.05, 3.63) is 29.8 Å². The molecule has 0 saturated heterocycles. The van der Waals surface area contributed by atoms with Crippen LogP contribution in [0, 0.1) is 0 Å². The van der Waals surface area contributed by atoms with E-state index in [0.29, 0.717) is 5.75 Å². The van der Waals surface area contributed by atoms with Gasteiger partial charge in [0.15, 0.2) is 0 Å². The summed E-state index contributed by atoms with van der Waals surface area (Å²) >= 11 is 0. The first-order valence-corrected chi connectivity index (χ1v) is 3.61. The van der Waals surface area contributed by atoms with E-state index in [9.17, 15) is 0 Å². The van der Waals surface area contributed by atoms with Gasteiger partial charge in [-0.3, -0.25) is 0 Å². The molecule has 0 amide bonds. The number of aromatic hydroxyl groups is 1. The monoisotopic (exact) mass is 153 g/mol.